The van der Waals surface area contributed by atoms with E-state index in [9.17, 15) is 13.2 Å². The van der Waals surface area contributed by atoms with E-state index in [0.29, 0.717) is 35.6 Å². The number of aromatic nitrogens is 2. The molecule has 1 heterocycles. The molecule has 3 N–H and O–H groups in total. The zero-order valence-electron chi connectivity index (χ0n) is 15.2. The fourth-order valence-corrected chi connectivity index (χ4v) is 3.08. The first-order valence-electron chi connectivity index (χ1n) is 8.00. The van der Waals surface area contributed by atoms with E-state index in [0.717, 1.165) is 4.31 Å². The number of anilines is 3. The van der Waals surface area contributed by atoms with Crippen LogP contribution in [0.1, 0.15) is 6.92 Å². The summed E-state index contributed by atoms with van der Waals surface area (Å²) in [6.45, 7) is 2.32. The summed E-state index contributed by atoms with van der Waals surface area (Å²) in [4.78, 5) is 19.4. The summed E-state index contributed by atoms with van der Waals surface area (Å²) in [5.74, 6) is 0.601. The highest BCUT2D eigenvalue weighted by molar-refractivity contribution is 7.89. The maximum absolute atomic E-state index is 12.1. The van der Waals surface area contributed by atoms with E-state index < -0.39 is 10.0 Å². The molecule has 27 heavy (non-hydrogen) atoms. The second-order valence-electron chi connectivity index (χ2n) is 5.74. The fraction of sp³-hybridized carbons (Fsp3) is 0.312. The number of rotatable bonds is 8. The predicted molar refractivity (Wildman–Crippen MR) is 105 cm³/mol. The van der Waals surface area contributed by atoms with Gasteiger partial charge in [0.15, 0.2) is 5.82 Å². The van der Waals surface area contributed by atoms with E-state index in [4.69, 9.17) is 11.6 Å². The number of halogens is 1. The van der Waals surface area contributed by atoms with Crippen LogP contribution < -0.4 is 16.0 Å². The van der Waals surface area contributed by atoms with Crippen molar-refractivity contribution in [2.24, 2.45) is 0 Å². The quantitative estimate of drug-likeness (QED) is 0.564. The third kappa shape index (κ3) is 5.78. The third-order valence-electron chi connectivity index (χ3n) is 3.42. The molecule has 0 fully saturated rings. The van der Waals surface area contributed by atoms with E-state index >= 15 is 0 Å². The van der Waals surface area contributed by atoms with Crippen LogP contribution in [0.15, 0.2) is 35.4 Å². The fourth-order valence-electron chi connectivity index (χ4n) is 2.02. The van der Waals surface area contributed by atoms with Crippen LogP contribution in [0.4, 0.5) is 17.5 Å². The Kier molecular flexibility index (Phi) is 6.94. The number of sulfonamides is 1. The lowest BCUT2D eigenvalue weighted by Gasteiger charge is -2.12. The summed E-state index contributed by atoms with van der Waals surface area (Å²) >= 11 is 6.07. The summed E-state index contributed by atoms with van der Waals surface area (Å²) < 4.78 is 25.3. The van der Waals surface area contributed by atoms with Crippen LogP contribution in [0.5, 0.6) is 0 Å². The first-order chi connectivity index (χ1) is 12.7. The average Bonchev–Trinajstić information content (AvgIpc) is 2.61. The van der Waals surface area contributed by atoms with Crippen LogP contribution in [0.25, 0.3) is 0 Å². The molecule has 1 aromatic carbocycles. The van der Waals surface area contributed by atoms with E-state index in [-0.39, 0.29) is 10.8 Å². The first-order valence-corrected chi connectivity index (χ1v) is 9.82. The van der Waals surface area contributed by atoms with Gasteiger partial charge in [0, 0.05) is 39.8 Å². The number of carbonyl (C=O) groups is 1. The van der Waals surface area contributed by atoms with Gasteiger partial charge < -0.3 is 16.0 Å². The van der Waals surface area contributed by atoms with E-state index in [2.05, 4.69) is 25.9 Å². The topological polar surface area (TPSA) is 116 Å². The van der Waals surface area contributed by atoms with Crippen LogP contribution in [0.3, 0.4) is 0 Å². The number of nitrogens with one attached hydrogen (secondary N) is 3. The van der Waals surface area contributed by atoms with Gasteiger partial charge in [-0.2, -0.15) is 4.98 Å². The highest BCUT2D eigenvalue weighted by Gasteiger charge is 2.16. The second-order valence-corrected chi connectivity index (χ2v) is 8.30. The van der Waals surface area contributed by atoms with E-state index in [1.807, 2.05) is 0 Å². The van der Waals surface area contributed by atoms with Crippen molar-refractivity contribution >= 4 is 45.0 Å². The van der Waals surface area contributed by atoms with Crippen molar-refractivity contribution in [3.63, 3.8) is 0 Å². The molecule has 146 valence electrons. The van der Waals surface area contributed by atoms with Gasteiger partial charge in [0.2, 0.25) is 21.9 Å². The molecule has 0 bridgehead atoms. The molecule has 1 aromatic heterocycles. The molecule has 0 atom stereocenters. The van der Waals surface area contributed by atoms with Gasteiger partial charge in [0.1, 0.15) is 5.02 Å². The molecule has 9 nitrogen and oxygen atoms in total. The van der Waals surface area contributed by atoms with Gasteiger partial charge in [0.25, 0.3) is 0 Å². The van der Waals surface area contributed by atoms with Crippen molar-refractivity contribution in [2.45, 2.75) is 11.8 Å². The number of hydrogen-bond donors (Lipinski definition) is 3. The van der Waals surface area contributed by atoms with Crippen molar-refractivity contribution in [1.82, 2.24) is 19.6 Å². The Hall–Kier alpha value is -2.43. The minimum Gasteiger partial charge on any atom is -0.367 e. The SMILES string of the molecule is CC(=O)NCCNc1nc(Nc2ccc(S(=O)(=O)N(C)C)cc2)ncc1Cl. The monoisotopic (exact) mass is 412 g/mol. The van der Waals surface area contributed by atoms with Crippen LogP contribution in [-0.2, 0) is 14.8 Å². The van der Waals surface area contributed by atoms with Crippen molar-refractivity contribution in [2.75, 3.05) is 37.8 Å². The van der Waals surface area contributed by atoms with Gasteiger partial charge in [-0.1, -0.05) is 11.6 Å². The van der Waals surface area contributed by atoms with Crippen molar-refractivity contribution < 1.29 is 13.2 Å². The van der Waals surface area contributed by atoms with Crippen molar-refractivity contribution in [3.05, 3.63) is 35.5 Å². The van der Waals surface area contributed by atoms with Crippen LogP contribution in [0, 0.1) is 0 Å². The van der Waals surface area contributed by atoms with Gasteiger partial charge in [-0.05, 0) is 24.3 Å². The van der Waals surface area contributed by atoms with Crippen molar-refractivity contribution in [3.8, 4) is 0 Å². The van der Waals surface area contributed by atoms with E-state index in [1.165, 1.54) is 39.3 Å². The molecular weight excluding hydrogens is 392 g/mol. The maximum atomic E-state index is 12.1. The van der Waals surface area contributed by atoms with Crippen LogP contribution in [0.2, 0.25) is 5.02 Å². The minimum atomic E-state index is -3.48. The molecule has 0 unspecified atom stereocenters. The Morgan fingerprint density at radius 3 is 2.44 bits per heavy atom. The minimum absolute atomic E-state index is 0.118. The molecule has 0 spiro atoms. The summed E-state index contributed by atoms with van der Waals surface area (Å²) in [7, 11) is -0.530. The summed E-state index contributed by atoms with van der Waals surface area (Å²) in [6, 6.07) is 6.25. The molecular formula is C16H21ClN6O3S. The molecule has 0 saturated heterocycles. The van der Waals surface area contributed by atoms with Gasteiger partial charge in [-0.3, -0.25) is 4.79 Å². The zero-order valence-corrected chi connectivity index (χ0v) is 16.7. The Balaban J connectivity index is 2.07. The first kappa shape index (κ1) is 20.9. The highest BCUT2D eigenvalue weighted by Crippen LogP contribution is 2.22. The smallest absolute Gasteiger partial charge is 0.242 e. The maximum Gasteiger partial charge on any atom is 0.242 e. The molecule has 0 aliphatic carbocycles. The summed E-state index contributed by atoms with van der Waals surface area (Å²) in [5, 5.41) is 9.00. The number of carbonyl (C=O) groups excluding carboxylic acids is 1. The molecule has 2 aromatic rings. The molecule has 2 rings (SSSR count). The lowest BCUT2D eigenvalue weighted by molar-refractivity contribution is -0.118. The van der Waals surface area contributed by atoms with Gasteiger partial charge in [-0.15, -0.1) is 0 Å². The summed E-state index contributed by atoms with van der Waals surface area (Å²) in [6.07, 6.45) is 1.45. The molecule has 0 radical (unpaired) electrons. The number of nitrogens with zero attached hydrogens (tertiary/aromatic N) is 3. The molecule has 0 aliphatic rings. The second kappa shape index (κ2) is 8.98. The highest BCUT2D eigenvalue weighted by atomic mass is 35.5. The number of amides is 1. The van der Waals surface area contributed by atoms with Crippen LogP contribution in [-0.4, -0.2) is 55.8 Å². The number of benzene rings is 1. The third-order valence-corrected chi connectivity index (χ3v) is 5.53. The molecule has 0 aliphatic heterocycles. The van der Waals surface area contributed by atoms with E-state index in [1.54, 1.807) is 12.1 Å². The largest absolute Gasteiger partial charge is 0.367 e. The normalized spacial score (nSPS) is 11.3. The van der Waals surface area contributed by atoms with Crippen LogP contribution >= 0.6 is 11.6 Å². The predicted octanol–water partition coefficient (Wildman–Crippen LogP) is 1.67. The zero-order chi connectivity index (χ0) is 20.0. The standard InChI is InChI=1S/C16H21ClN6O3S/c1-11(24)18-8-9-19-15-14(17)10-20-16(22-15)21-12-4-6-13(7-5-12)27(25,26)23(2)3/h4-7,10H,8-9H2,1-3H3,(H,18,24)(H2,19,20,21,22). The lowest BCUT2D eigenvalue weighted by atomic mass is 10.3. The number of hydrogen-bond acceptors (Lipinski definition) is 7. The molecule has 1 amide bonds. The Morgan fingerprint density at radius 1 is 1.19 bits per heavy atom. The lowest BCUT2D eigenvalue weighted by Crippen LogP contribution is -2.26. The Bertz CT molecular complexity index is 903. The summed E-state index contributed by atoms with van der Waals surface area (Å²) in [5.41, 5.74) is 0.624. The van der Waals surface area contributed by atoms with Crippen molar-refractivity contribution in [1.29, 1.82) is 0 Å². The molecule has 11 heteroatoms. The Labute approximate surface area is 163 Å². The van der Waals surface area contributed by atoms with Gasteiger partial charge in [0.05, 0.1) is 11.1 Å². The average molecular weight is 413 g/mol. The van der Waals surface area contributed by atoms with Gasteiger partial charge >= 0.3 is 0 Å². The molecule has 0 saturated carbocycles. The Morgan fingerprint density at radius 2 is 1.85 bits per heavy atom. The van der Waals surface area contributed by atoms with Gasteiger partial charge in [-0.25, -0.2) is 17.7 Å².